The number of halogens is 1. The molecule has 0 bridgehead atoms. The first-order chi connectivity index (χ1) is 14.6. The Hall–Kier alpha value is -2.97. The van der Waals surface area contributed by atoms with Crippen molar-refractivity contribution in [3.8, 4) is 5.75 Å². The fraction of sp³-hybridized carbons (Fsp3) is 0.136. The number of nitrogens with zero attached hydrogens (tertiary/aromatic N) is 3. The maximum Gasteiger partial charge on any atom is 0.256 e. The van der Waals surface area contributed by atoms with Crippen molar-refractivity contribution in [1.29, 1.82) is 0 Å². The van der Waals surface area contributed by atoms with Crippen molar-refractivity contribution in [1.82, 2.24) is 14.8 Å². The molecule has 6 nitrogen and oxygen atoms in total. The molecule has 0 aliphatic heterocycles. The summed E-state index contributed by atoms with van der Waals surface area (Å²) in [6.07, 6.45) is 1.67. The van der Waals surface area contributed by atoms with Gasteiger partial charge < -0.3 is 10.1 Å². The van der Waals surface area contributed by atoms with Gasteiger partial charge in [-0.1, -0.05) is 40.2 Å². The number of carbonyl (C=O) groups is 1. The number of benzene rings is 2. The van der Waals surface area contributed by atoms with E-state index in [1.54, 1.807) is 46.5 Å². The van der Waals surface area contributed by atoms with E-state index >= 15 is 0 Å². The fourth-order valence-corrected chi connectivity index (χ4v) is 3.91. The zero-order valence-corrected chi connectivity index (χ0v) is 18.6. The number of thiazole rings is 1. The van der Waals surface area contributed by atoms with Crippen LogP contribution < -0.4 is 10.1 Å². The molecule has 0 spiro atoms. The van der Waals surface area contributed by atoms with Gasteiger partial charge >= 0.3 is 0 Å². The van der Waals surface area contributed by atoms with Gasteiger partial charge in [-0.05, 0) is 36.8 Å². The Kier molecular flexibility index (Phi) is 6.25. The van der Waals surface area contributed by atoms with Gasteiger partial charge in [-0.25, -0.2) is 9.67 Å². The molecule has 30 heavy (non-hydrogen) atoms. The lowest BCUT2D eigenvalue weighted by molar-refractivity contribution is 0.102. The molecule has 1 N–H and O–H groups in total. The molecule has 0 saturated heterocycles. The molecular weight excluding hydrogens is 464 g/mol. The predicted octanol–water partition coefficient (Wildman–Crippen LogP) is 5.29. The first-order valence-electron chi connectivity index (χ1n) is 9.29. The van der Waals surface area contributed by atoms with E-state index < -0.39 is 0 Å². The third-order valence-electron chi connectivity index (χ3n) is 4.39. The van der Waals surface area contributed by atoms with Crippen molar-refractivity contribution in [3.05, 3.63) is 92.5 Å². The Morgan fingerprint density at radius 1 is 1.20 bits per heavy atom. The molecule has 8 heteroatoms. The first-order valence-corrected chi connectivity index (χ1v) is 11.0. The van der Waals surface area contributed by atoms with Crippen LogP contribution >= 0.6 is 27.3 Å². The normalized spacial score (nSPS) is 10.7. The molecule has 0 aliphatic carbocycles. The average Bonchev–Trinajstić information content (AvgIpc) is 3.37. The zero-order valence-electron chi connectivity index (χ0n) is 16.2. The SMILES string of the molecule is Cc1nc(COc2cccc(C(=O)Nc3ccnn3Cc3ccccc3Br)c2)cs1. The van der Waals surface area contributed by atoms with Crippen molar-refractivity contribution in [2.45, 2.75) is 20.1 Å². The number of hydrogen-bond donors (Lipinski definition) is 1. The highest BCUT2D eigenvalue weighted by Crippen LogP contribution is 2.20. The van der Waals surface area contributed by atoms with Crippen molar-refractivity contribution >= 4 is 39.0 Å². The van der Waals surface area contributed by atoms with Gasteiger partial charge in [0.1, 0.15) is 18.2 Å². The van der Waals surface area contributed by atoms with Crippen LogP contribution in [0.2, 0.25) is 0 Å². The molecule has 0 aliphatic rings. The second-order valence-electron chi connectivity index (χ2n) is 6.59. The number of amides is 1. The summed E-state index contributed by atoms with van der Waals surface area (Å²) in [6.45, 7) is 2.87. The van der Waals surface area contributed by atoms with E-state index in [0.717, 1.165) is 20.7 Å². The van der Waals surface area contributed by atoms with Crippen molar-refractivity contribution < 1.29 is 9.53 Å². The standard InChI is InChI=1S/C22H19BrN4O2S/c1-15-25-18(14-30-15)13-29-19-7-4-6-16(11-19)22(28)26-21-9-10-24-27(21)12-17-5-2-3-8-20(17)23/h2-11,14H,12-13H2,1H3,(H,26,28). The van der Waals surface area contributed by atoms with E-state index in [4.69, 9.17) is 4.74 Å². The quantitative estimate of drug-likeness (QED) is 0.388. The summed E-state index contributed by atoms with van der Waals surface area (Å²) in [5.74, 6) is 1.02. The molecule has 0 atom stereocenters. The second-order valence-corrected chi connectivity index (χ2v) is 8.51. The van der Waals surface area contributed by atoms with Crippen LogP contribution in [0.4, 0.5) is 5.82 Å². The van der Waals surface area contributed by atoms with Crippen LogP contribution in [0.5, 0.6) is 5.75 Å². The van der Waals surface area contributed by atoms with Crippen molar-refractivity contribution in [2.75, 3.05) is 5.32 Å². The summed E-state index contributed by atoms with van der Waals surface area (Å²) in [5, 5.41) is 10.2. The smallest absolute Gasteiger partial charge is 0.256 e. The molecular formula is C22H19BrN4O2S. The van der Waals surface area contributed by atoms with Gasteiger partial charge in [-0.15, -0.1) is 11.3 Å². The van der Waals surface area contributed by atoms with Crippen LogP contribution in [0.15, 0.2) is 70.6 Å². The summed E-state index contributed by atoms with van der Waals surface area (Å²) in [7, 11) is 0. The van der Waals surface area contributed by atoms with Crippen LogP contribution in [0, 0.1) is 6.92 Å². The third-order valence-corrected chi connectivity index (χ3v) is 5.98. The van der Waals surface area contributed by atoms with Gasteiger partial charge in [0, 0.05) is 21.5 Å². The number of rotatable bonds is 7. The van der Waals surface area contributed by atoms with Gasteiger partial charge in [0.05, 0.1) is 23.4 Å². The summed E-state index contributed by atoms with van der Waals surface area (Å²) in [5.41, 5.74) is 2.46. The number of hydrogen-bond acceptors (Lipinski definition) is 5. The monoisotopic (exact) mass is 482 g/mol. The summed E-state index contributed by atoms with van der Waals surface area (Å²) in [6, 6.07) is 16.8. The summed E-state index contributed by atoms with van der Waals surface area (Å²) >= 11 is 5.13. The van der Waals surface area contributed by atoms with E-state index in [-0.39, 0.29) is 5.91 Å². The maximum absolute atomic E-state index is 12.8. The van der Waals surface area contributed by atoms with Crippen molar-refractivity contribution in [2.24, 2.45) is 0 Å². The highest BCUT2D eigenvalue weighted by molar-refractivity contribution is 9.10. The highest BCUT2D eigenvalue weighted by Gasteiger charge is 2.12. The fourth-order valence-electron chi connectivity index (χ4n) is 2.90. The molecule has 2 aromatic heterocycles. The van der Waals surface area contributed by atoms with Gasteiger partial charge in [-0.2, -0.15) is 5.10 Å². The third kappa shape index (κ3) is 4.95. The van der Waals surface area contributed by atoms with E-state index in [0.29, 0.717) is 30.3 Å². The minimum absolute atomic E-state index is 0.223. The Morgan fingerprint density at radius 2 is 2.07 bits per heavy atom. The number of ether oxygens (including phenoxy) is 1. The summed E-state index contributed by atoms with van der Waals surface area (Å²) in [4.78, 5) is 17.2. The maximum atomic E-state index is 12.8. The molecule has 0 saturated carbocycles. The number of aryl methyl sites for hydroxylation is 1. The topological polar surface area (TPSA) is 69.0 Å². The molecule has 2 aromatic carbocycles. The van der Waals surface area contributed by atoms with Crippen LogP contribution in [-0.2, 0) is 13.2 Å². The van der Waals surface area contributed by atoms with Crippen molar-refractivity contribution in [3.63, 3.8) is 0 Å². The molecule has 4 aromatic rings. The van der Waals surface area contributed by atoms with E-state index in [1.165, 1.54) is 0 Å². The molecule has 1 amide bonds. The Labute approximate surface area is 186 Å². The number of aromatic nitrogens is 3. The highest BCUT2D eigenvalue weighted by atomic mass is 79.9. The van der Waals surface area contributed by atoms with Crippen LogP contribution in [-0.4, -0.2) is 20.7 Å². The van der Waals surface area contributed by atoms with Crippen LogP contribution in [0.25, 0.3) is 0 Å². The van der Waals surface area contributed by atoms with Crippen LogP contribution in [0.1, 0.15) is 26.6 Å². The van der Waals surface area contributed by atoms with Gasteiger partial charge in [0.2, 0.25) is 0 Å². The first kappa shape index (κ1) is 20.3. The molecule has 4 rings (SSSR count). The largest absolute Gasteiger partial charge is 0.487 e. The minimum atomic E-state index is -0.223. The lowest BCUT2D eigenvalue weighted by atomic mass is 10.2. The Balaban J connectivity index is 1.43. The number of carbonyl (C=O) groups excluding carboxylic acids is 1. The second kappa shape index (κ2) is 9.23. The van der Waals surface area contributed by atoms with Gasteiger partial charge in [0.15, 0.2) is 0 Å². The van der Waals surface area contributed by atoms with E-state index in [9.17, 15) is 4.79 Å². The van der Waals surface area contributed by atoms with Gasteiger partial charge in [-0.3, -0.25) is 4.79 Å². The molecule has 0 radical (unpaired) electrons. The van der Waals surface area contributed by atoms with E-state index in [2.05, 4.69) is 31.3 Å². The zero-order chi connectivity index (χ0) is 20.9. The number of anilines is 1. The molecule has 0 fully saturated rings. The molecule has 2 heterocycles. The molecule has 152 valence electrons. The minimum Gasteiger partial charge on any atom is -0.487 e. The number of nitrogens with one attached hydrogen (secondary N) is 1. The predicted molar refractivity (Wildman–Crippen MR) is 121 cm³/mol. The van der Waals surface area contributed by atoms with E-state index in [1.807, 2.05) is 42.6 Å². The summed E-state index contributed by atoms with van der Waals surface area (Å²) < 4.78 is 8.54. The Bertz CT molecular complexity index is 1170. The molecule has 0 unspecified atom stereocenters. The van der Waals surface area contributed by atoms with Gasteiger partial charge in [0.25, 0.3) is 5.91 Å². The lowest BCUT2D eigenvalue weighted by Crippen LogP contribution is -2.16. The average molecular weight is 483 g/mol. The lowest BCUT2D eigenvalue weighted by Gasteiger charge is -2.11. The van der Waals surface area contributed by atoms with Crippen LogP contribution in [0.3, 0.4) is 0 Å². The Morgan fingerprint density at radius 3 is 2.87 bits per heavy atom.